The molecular weight excluding hydrogens is 228 g/mol. The second-order valence-electron chi connectivity index (χ2n) is 3.76. The number of amides is 1. The Labute approximate surface area is 106 Å². The average Bonchev–Trinajstić information content (AvgIpc) is 2.37. The Morgan fingerprint density at radius 3 is 2.39 bits per heavy atom. The molecule has 0 radical (unpaired) electrons. The van der Waals surface area contributed by atoms with Crippen LogP contribution in [-0.4, -0.2) is 23.9 Å². The first kappa shape index (κ1) is 13.5. The minimum atomic E-state index is -0.207. The molecule has 0 aliphatic heterocycles. The van der Waals surface area contributed by atoms with Gasteiger partial charge in [-0.3, -0.25) is 4.79 Å². The molecule has 0 aliphatic carbocycles. The van der Waals surface area contributed by atoms with Gasteiger partial charge in [-0.2, -0.15) is 10.5 Å². The number of nitriles is 2. The number of nitrogens with zero attached hydrogens (tertiary/aromatic N) is 3. The van der Waals surface area contributed by atoms with E-state index < -0.39 is 0 Å². The van der Waals surface area contributed by atoms with E-state index in [4.69, 9.17) is 16.3 Å². The highest BCUT2D eigenvalue weighted by atomic mass is 16.2. The van der Waals surface area contributed by atoms with E-state index >= 15 is 0 Å². The zero-order chi connectivity index (χ0) is 13.4. The molecule has 0 aliphatic rings. The highest BCUT2D eigenvalue weighted by molar-refractivity contribution is 5.77. The largest absolute Gasteiger partial charge is 0.399 e. The van der Waals surface area contributed by atoms with Gasteiger partial charge >= 0.3 is 0 Å². The quantitative estimate of drug-likeness (QED) is 0.617. The van der Waals surface area contributed by atoms with Crippen molar-refractivity contribution in [1.82, 2.24) is 4.90 Å². The van der Waals surface area contributed by atoms with Crippen LogP contribution in [0.3, 0.4) is 0 Å². The molecule has 0 spiro atoms. The number of nitrogens with two attached hydrogens (primary N) is 1. The van der Waals surface area contributed by atoms with E-state index in [9.17, 15) is 4.79 Å². The molecule has 0 bridgehead atoms. The fourth-order valence-corrected chi connectivity index (χ4v) is 1.56. The molecular formula is C13H14N4O. The van der Waals surface area contributed by atoms with Crippen molar-refractivity contribution in [3.63, 3.8) is 0 Å². The van der Waals surface area contributed by atoms with Crippen LogP contribution in [0.5, 0.6) is 0 Å². The molecule has 0 fully saturated rings. The van der Waals surface area contributed by atoms with Crippen LogP contribution in [0.25, 0.3) is 0 Å². The summed E-state index contributed by atoms with van der Waals surface area (Å²) in [6.07, 6.45) is 0.760. The second-order valence-corrected chi connectivity index (χ2v) is 3.76. The van der Waals surface area contributed by atoms with Crippen molar-refractivity contribution in [3.05, 3.63) is 29.8 Å². The van der Waals surface area contributed by atoms with E-state index in [0.29, 0.717) is 12.1 Å². The fraction of sp³-hybridized carbons (Fsp3) is 0.308. The summed E-state index contributed by atoms with van der Waals surface area (Å²) in [4.78, 5) is 13.0. The van der Waals surface area contributed by atoms with Gasteiger partial charge in [-0.05, 0) is 18.1 Å². The van der Waals surface area contributed by atoms with Crippen molar-refractivity contribution < 1.29 is 4.79 Å². The van der Waals surface area contributed by atoms with Gasteiger partial charge in [-0.25, -0.2) is 0 Å². The molecule has 1 amide bonds. The number of anilines is 1. The van der Waals surface area contributed by atoms with Crippen LogP contribution in [0.15, 0.2) is 24.3 Å². The maximum Gasteiger partial charge on any atom is 0.224 e. The molecule has 0 unspecified atom stereocenters. The number of carbonyl (C=O) groups is 1. The number of para-hydroxylation sites is 1. The van der Waals surface area contributed by atoms with Crippen molar-refractivity contribution in [2.45, 2.75) is 12.8 Å². The van der Waals surface area contributed by atoms with Gasteiger partial charge in [0.2, 0.25) is 5.91 Å². The topological polar surface area (TPSA) is 93.9 Å². The molecule has 0 saturated heterocycles. The minimum Gasteiger partial charge on any atom is -0.399 e. The van der Waals surface area contributed by atoms with Gasteiger partial charge in [-0.1, -0.05) is 18.2 Å². The SMILES string of the molecule is N#CCN(CC#N)C(=O)CCc1ccccc1N. The molecule has 0 atom stereocenters. The molecule has 1 rings (SSSR count). The first-order chi connectivity index (χ1) is 8.69. The molecule has 0 aromatic heterocycles. The molecule has 0 heterocycles. The summed E-state index contributed by atoms with van der Waals surface area (Å²) in [7, 11) is 0. The maximum absolute atomic E-state index is 11.8. The summed E-state index contributed by atoms with van der Waals surface area (Å²) in [5, 5.41) is 17.1. The zero-order valence-corrected chi connectivity index (χ0v) is 9.97. The van der Waals surface area contributed by atoms with Crippen molar-refractivity contribution in [2.75, 3.05) is 18.8 Å². The smallest absolute Gasteiger partial charge is 0.224 e. The maximum atomic E-state index is 11.8. The van der Waals surface area contributed by atoms with Crippen LogP contribution < -0.4 is 5.73 Å². The number of carbonyl (C=O) groups excluding carboxylic acids is 1. The Morgan fingerprint density at radius 2 is 1.83 bits per heavy atom. The number of nitrogen functional groups attached to an aromatic ring is 1. The Bertz CT molecular complexity index is 482. The van der Waals surface area contributed by atoms with Crippen LogP contribution in [0, 0.1) is 22.7 Å². The normalized spacial score (nSPS) is 9.22. The molecule has 0 saturated carbocycles. The summed E-state index contributed by atoms with van der Waals surface area (Å²) < 4.78 is 0. The lowest BCUT2D eigenvalue weighted by Gasteiger charge is -2.15. The van der Waals surface area contributed by atoms with Crippen molar-refractivity contribution in [1.29, 1.82) is 10.5 Å². The highest BCUT2D eigenvalue weighted by Crippen LogP contribution is 2.13. The predicted octanol–water partition coefficient (Wildman–Crippen LogP) is 1.08. The van der Waals surface area contributed by atoms with Crippen LogP contribution in [0.4, 0.5) is 5.69 Å². The van der Waals surface area contributed by atoms with Crippen molar-refractivity contribution >= 4 is 11.6 Å². The molecule has 5 heteroatoms. The van der Waals surface area contributed by atoms with Gasteiger partial charge in [0, 0.05) is 12.1 Å². The average molecular weight is 242 g/mol. The predicted molar refractivity (Wildman–Crippen MR) is 67.0 cm³/mol. The monoisotopic (exact) mass is 242 g/mol. The van der Waals surface area contributed by atoms with E-state index in [0.717, 1.165) is 5.56 Å². The van der Waals surface area contributed by atoms with Gasteiger partial charge in [0.1, 0.15) is 13.1 Å². The third-order valence-electron chi connectivity index (χ3n) is 2.54. The van der Waals surface area contributed by atoms with E-state index in [1.165, 1.54) is 4.90 Å². The molecule has 1 aromatic rings. The van der Waals surface area contributed by atoms with Crippen molar-refractivity contribution in [2.24, 2.45) is 0 Å². The first-order valence-corrected chi connectivity index (χ1v) is 5.54. The first-order valence-electron chi connectivity index (χ1n) is 5.54. The molecule has 1 aromatic carbocycles. The lowest BCUT2D eigenvalue weighted by molar-refractivity contribution is -0.130. The van der Waals surface area contributed by atoms with Crippen LogP contribution in [0.2, 0.25) is 0 Å². The summed E-state index contributed by atoms with van der Waals surface area (Å²) in [6, 6.07) is 11.1. The van der Waals surface area contributed by atoms with Gasteiger partial charge in [-0.15, -0.1) is 0 Å². The molecule has 92 valence electrons. The number of rotatable bonds is 5. The lowest BCUT2D eigenvalue weighted by Crippen LogP contribution is -2.31. The Kier molecular flexibility index (Phi) is 5.21. The Morgan fingerprint density at radius 1 is 1.22 bits per heavy atom. The Balaban J connectivity index is 2.58. The standard InChI is InChI=1S/C13H14N4O/c14-7-9-17(10-8-15)13(18)6-5-11-3-1-2-4-12(11)16/h1-4H,5-6,9-10,16H2. The summed E-state index contributed by atoms with van der Waals surface area (Å²) >= 11 is 0. The van der Waals surface area contributed by atoms with Crippen LogP contribution in [0.1, 0.15) is 12.0 Å². The van der Waals surface area contributed by atoms with Gasteiger partial charge in [0.15, 0.2) is 0 Å². The van der Waals surface area contributed by atoms with Gasteiger partial charge < -0.3 is 10.6 Å². The lowest BCUT2D eigenvalue weighted by atomic mass is 10.1. The third kappa shape index (κ3) is 3.80. The third-order valence-corrected chi connectivity index (χ3v) is 2.54. The van der Waals surface area contributed by atoms with E-state index in [2.05, 4.69) is 0 Å². The number of benzene rings is 1. The van der Waals surface area contributed by atoms with E-state index in [1.54, 1.807) is 6.07 Å². The fourth-order valence-electron chi connectivity index (χ4n) is 1.56. The van der Waals surface area contributed by atoms with E-state index in [1.807, 2.05) is 30.3 Å². The Hall–Kier alpha value is -2.53. The summed E-state index contributed by atoms with van der Waals surface area (Å²) in [5.41, 5.74) is 7.32. The van der Waals surface area contributed by atoms with E-state index in [-0.39, 0.29) is 25.4 Å². The number of aryl methyl sites for hydroxylation is 1. The van der Waals surface area contributed by atoms with Crippen LogP contribution in [-0.2, 0) is 11.2 Å². The van der Waals surface area contributed by atoms with Crippen molar-refractivity contribution in [3.8, 4) is 12.1 Å². The molecule has 18 heavy (non-hydrogen) atoms. The van der Waals surface area contributed by atoms with Gasteiger partial charge in [0.05, 0.1) is 12.1 Å². The minimum absolute atomic E-state index is 0.0589. The molecule has 2 N–H and O–H groups in total. The highest BCUT2D eigenvalue weighted by Gasteiger charge is 2.12. The van der Waals surface area contributed by atoms with Gasteiger partial charge in [0.25, 0.3) is 0 Å². The van der Waals surface area contributed by atoms with Crippen LogP contribution >= 0.6 is 0 Å². The number of hydrogen-bond donors (Lipinski definition) is 1. The summed E-state index contributed by atoms with van der Waals surface area (Å²) in [5.74, 6) is -0.207. The summed E-state index contributed by atoms with van der Waals surface area (Å²) in [6.45, 7) is -0.118. The zero-order valence-electron chi connectivity index (χ0n) is 9.97. The second kappa shape index (κ2) is 6.93. The molecule has 5 nitrogen and oxygen atoms in total. The number of hydrogen-bond acceptors (Lipinski definition) is 4.